The second-order valence-corrected chi connectivity index (χ2v) is 6.69. The second kappa shape index (κ2) is 5.38. The summed E-state index contributed by atoms with van der Waals surface area (Å²) in [6.45, 7) is 3.15. The third kappa shape index (κ3) is 2.34. The molecule has 0 aliphatic carbocycles. The van der Waals surface area contributed by atoms with E-state index in [-0.39, 0.29) is 6.10 Å². The summed E-state index contributed by atoms with van der Waals surface area (Å²) in [5.41, 5.74) is 0. The molecule has 2 saturated heterocycles. The zero-order chi connectivity index (χ0) is 13.4. The van der Waals surface area contributed by atoms with E-state index >= 15 is 0 Å². The molecule has 0 saturated carbocycles. The van der Waals surface area contributed by atoms with Gasteiger partial charge in [0.05, 0.1) is 0 Å². The lowest BCUT2D eigenvalue weighted by molar-refractivity contribution is 0.103. The normalized spacial score (nSPS) is 26.8. The van der Waals surface area contributed by atoms with E-state index < -0.39 is 0 Å². The standard InChI is InChI=1S/C13H19N5OS/c1-2-10(19-7-1)12-15-16-13-18(12)17-11(20-13)4-3-9-5-6-14-8-9/h9-10,14H,1-8H2. The molecule has 4 rings (SSSR count). The molecule has 7 heteroatoms. The van der Waals surface area contributed by atoms with Crippen LogP contribution in [-0.4, -0.2) is 39.5 Å². The molecule has 2 atom stereocenters. The molecular formula is C13H19N5OS. The van der Waals surface area contributed by atoms with E-state index in [1.165, 1.54) is 24.4 Å². The van der Waals surface area contributed by atoms with Crippen molar-refractivity contribution >= 4 is 16.3 Å². The average molecular weight is 293 g/mol. The van der Waals surface area contributed by atoms with Crippen molar-refractivity contribution < 1.29 is 4.74 Å². The minimum absolute atomic E-state index is 0.0824. The Morgan fingerprint density at radius 2 is 2.35 bits per heavy atom. The Hall–Kier alpha value is -1.05. The van der Waals surface area contributed by atoms with Crippen LogP contribution >= 0.6 is 11.3 Å². The number of rotatable bonds is 4. The summed E-state index contributed by atoms with van der Waals surface area (Å²) in [6.07, 6.45) is 5.77. The SMILES string of the molecule is C1COC(c2nnc3sc(CCC4CCNC4)nn23)C1. The first-order valence-corrected chi connectivity index (χ1v) is 8.25. The Morgan fingerprint density at radius 1 is 1.35 bits per heavy atom. The molecule has 4 heterocycles. The van der Waals surface area contributed by atoms with Gasteiger partial charge in [-0.15, -0.1) is 10.2 Å². The molecule has 0 spiro atoms. The summed E-state index contributed by atoms with van der Waals surface area (Å²) in [6, 6.07) is 0. The van der Waals surface area contributed by atoms with Crippen LogP contribution in [-0.2, 0) is 11.2 Å². The smallest absolute Gasteiger partial charge is 0.234 e. The van der Waals surface area contributed by atoms with Crippen LogP contribution in [0.3, 0.4) is 0 Å². The summed E-state index contributed by atoms with van der Waals surface area (Å²) in [5.74, 6) is 1.68. The predicted octanol–water partition coefficient (Wildman–Crippen LogP) is 1.58. The molecule has 2 fully saturated rings. The van der Waals surface area contributed by atoms with Gasteiger partial charge in [0.25, 0.3) is 0 Å². The van der Waals surface area contributed by atoms with Crippen molar-refractivity contribution in [1.82, 2.24) is 25.1 Å². The van der Waals surface area contributed by atoms with Crippen molar-refractivity contribution in [3.63, 3.8) is 0 Å². The van der Waals surface area contributed by atoms with E-state index in [4.69, 9.17) is 4.74 Å². The maximum atomic E-state index is 5.69. The van der Waals surface area contributed by atoms with Gasteiger partial charge in [0, 0.05) is 13.0 Å². The Morgan fingerprint density at radius 3 is 3.15 bits per heavy atom. The van der Waals surface area contributed by atoms with Crippen LogP contribution in [0.5, 0.6) is 0 Å². The highest BCUT2D eigenvalue weighted by atomic mass is 32.1. The summed E-state index contributed by atoms with van der Waals surface area (Å²) in [4.78, 5) is 0.898. The Labute approximate surface area is 121 Å². The molecule has 0 amide bonds. The van der Waals surface area contributed by atoms with Crippen LogP contribution in [0.2, 0.25) is 0 Å². The first-order valence-electron chi connectivity index (χ1n) is 7.43. The van der Waals surface area contributed by atoms with Gasteiger partial charge < -0.3 is 10.1 Å². The number of aromatic nitrogens is 4. The van der Waals surface area contributed by atoms with Crippen molar-refractivity contribution in [2.24, 2.45) is 5.92 Å². The van der Waals surface area contributed by atoms with Gasteiger partial charge in [0.1, 0.15) is 11.1 Å². The Kier molecular flexibility index (Phi) is 3.41. The van der Waals surface area contributed by atoms with Crippen molar-refractivity contribution in [2.45, 2.75) is 38.2 Å². The second-order valence-electron chi connectivity index (χ2n) is 5.65. The molecular weight excluding hydrogens is 274 g/mol. The van der Waals surface area contributed by atoms with E-state index in [9.17, 15) is 0 Å². The van der Waals surface area contributed by atoms with Gasteiger partial charge in [-0.3, -0.25) is 0 Å². The average Bonchev–Trinajstić information content (AvgIpc) is 3.20. The van der Waals surface area contributed by atoms with E-state index in [1.54, 1.807) is 11.3 Å². The molecule has 0 aromatic carbocycles. The lowest BCUT2D eigenvalue weighted by Gasteiger charge is -2.05. The topological polar surface area (TPSA) is 64.3 Å². The quantitative estimate of drug-likeness (QED) is 0.927. The minimum Gasteiger partial charge on any atom is -0.370 e. The molecule has 2 aromatic rings. The maximum Gasteiger partial charge on any atom is 0.234 e. The van der Waals surface area contributed by atoms with Crippen LogP contribution in [0.1, 0.15) is 42.6 Å². The Balaban J connectivity index is 1.50. The van der Waals surface area contributed by atoms with E-state index in [1.807, 2.05) is 4.52 Å². The lowest BCUT2D eigenvalue weighted by atomic mass is 10.0. The number of fused-ring (bicyclic) bond motifs is 1. The first kappa shape index (κ1) is 12.7. The van der Waals surface area contributed by atoms with E-state index in [2.05, 4.69) is 20.6 Å². The number of hydrogen-bond donors (Lipinski definition) is 1. The van der Waals surface area contributed by atoms with Crippen LogP contribution in [0.25, 0.3) is 4.96 Å². The van der Waals surface area contributed by atoms with Crippen molar-refractivity contribution in [2.75, 3.05) is 19.7 Å². The largest absolute Gasteiger partial charge is 0.370 e. The number of aryl methyl sites for hydroxylation is 1. The zero-order valence-corrected chi connectivity index (χ0v) is 12.2. The molecule has 2 aliphatic heterocycles. The fraction of sp³-hybridized carbons (Fsp3) is 0.769. The van der Waals surface area contributed by atoms with Gasteiger partial charge in [-0.25, -0.2) is 0 Å². The van der Waals surface area contributed by atoms with Gasteiger partial charge in [0.2, 0.25) is 4.96 Å². The van der Waals surface area contributed by atoms with Gasteiger partial charge >= 0.3 is 0 Å². The summed E-state index contributed by atoms with van der Waals surface area (Å²) >= 11 is 1.66. The molecule has 0 radical (unpaired) electrons. The number of nitrogens with zero attached hydrogens (tertiary/aromatic N) is 4. The maximum absolute atomic E-state index is 5.69. The lowest BCUT2D eigenvalue weighted by Crippen LogP contribution is -2.09. The van der Waals surface area contributed by atoms with E-state index in [0.717, 1.165) is 49.1 Å². The van der Waals surface area contributed by atoms with Gasteiger partial charge in [0.15, 0.2) is 5.82 Å². The summed E-state index contributed by atoms with van der Waals surface area (Å²) in [5, 5.41) is 17.8. The molecule has 6 nitrogen and oxygen atoms in total. The van der Waals surface area contributed by atoms with Crippen molar-refractivity contribution in [3.05, 3.63) is 10.8 Å². The highest BCUT2D eigenvalue weighted by Gasteiger charge is 2.25. The van der Waals surface area contributed by atoms with Crippen LogP contribution in [0.15, 0.2) is 0 Å². The third-order valence-electron chi connectivity index (χ3n) is 4.20. The molecule has 2 aromatic heterocycles. The highest BCUT2D eigenvalue weighted by molar-refractivity contribution is 7.16. The predicted molar refractivity (Wildman–Crippen MR) is 75.9 cm³/mol. The van der Waals surface area contributed by atoms with Gasteiger partial charge in [-0.2, -0.15) is 9.61 Å². The fourth-order valence-corrected chi connectivity index (χ4v) is 3.90. The monoisotopic (exact) mass is 293 g/mol. The van der Waals surface area contributed by atoms with E-state index in [0.29, 0.717) is 0 Å². The fourth-order valence-electron chi connectivity index (χ4n) is 3.04. The summed E-state index contributed by atoms with van der Waals surface area (Å²) < 4.78 is 7.58. The molecule has 108 valence electrons. The van der Waals surface area contributed by atoms with Gasteiger partial charge in [-0.05, 0) is 44.7 Å². The highest BCUT2D eigenvalue weighted by Crippen LogP contribution is 2.28. The number of nitrogens with one attached hydrogen (secondary N) is 1. The van der Waals surface area contributed by atoms with Gasteiger partial charge in [-0.1, -0.05) is 11.3 Å². The van der Waals surface area contributed by atoms with Crippen LogP contribution < -0.4 is 5.32 Å². The molecule has 2 unspecified atom stereocenters. The van der Waals surface area contributed by atoms with Crippen molar-refractivity contribution in [3.8, 4) is 0 Å². The number of hydrogen-bond acceptors (Lipinski definition) is 6. The van der Waals surface area contributed by atoms with Crippen molar-refractivity contribution in [1.29, 1.82) is 0 Å². The van der Waals surface area contributed by atoms with Crippen LogP contribution in [0, 0.1) is 5.92 Å². The zero-order valence-electron chi connectivity index (χ0n) is 11.4. The molecule has 0 bridgehead atoms. The number of ether oxygens (including phenoxy) is 1. The summed E-state index contributed by atoms with van der Waals surface area (Å²) in [7, 11) is 0. The molecule has 2 aliphatic rings. The minimum atomic E-state index is 0.0824. The third-order valence-corrected chi connectivity index (χ3v) is 5.16. The Bertz CT molecular complexity index is 583. The molecule has 1 N–H and O–H groups in total. The first-order chi connectivity index (χ1) is 9.90. The van der Waals surface area contributed by atoms with Crippen LogP contribution in [0.4, 0.5) is 0 Å². The molecule has 20 heavy (non-hydrogen) atoms.